The molecule has 0 atom stereocenters. The van der Waals surface area contributed by atoms with Crippen molar-refractivity contribution in [2.75, 3.05) is 11.9 Å². The van der Waals surface area contributed by atoms with Crippen molar-refractivity contribution in [3.05, 3.63) is 56.6 Å². The van der Waals surface area contributed by atoms with E-state index in [1.54, 1.807) is 18.2 Å². The maximum Gasteiger partial charge on any atom is 0.262 e. The normalized spacial score (nSPS) is 10.2. The summed E-state index contributed by atoms with van der Waals surface area (Å²) in [6.45, 7) is 1.85. The third-order valence-corrected chi connectivity index (χ3v) is 3.51. The molecule has 104 valence electrons. The summed E-state index contributed by atoms with van der Waals surface area (Å²) in [5, 5.41) is 3.44. The molecular formula is C15H13ClINO2. The SMILES string of the molecule is Cc1cc(Cl)ccc1OCC(=O)Nc1cccc(I)c1. The minimum absolute atomic E-state index is 0.0338. The molecule has 1 amide bonds. The van der Waals surface area contributed by atoms with Gasteiger partial charge in [0.2, 0.25) is 0 Å². The number of ether oxygens (including phenoxy) is 1. The van der Waals surface area contributed by atoms with Gasteiger partial charge in [0, 0.05) is 14.3 Å². The minimum Gasteiger partial charge on any atom is -0.483 e. The first-order valence-electron chi connectivity index (χ1n) is 5.99. The number of benzene rings is 2. The predicted molar refractivity (Wildman–Crippen MR) is 89.5 cm³/mol. The van der Waals surface area contributed by atoms with Crippen molar-refractivity contribution < 1.29 is 9.53 Å². The van der Waals surface area contributed by atoms with Crippen LogP contribution in [-0.4, -0.2) is 12.5 Å². The zero-order valence-electron chi connectivity index (χ0n) is 10.8. The second kappa shape index (κ2) is 6.95. The molecule has 2 aromatic rings. The van der Waals surface area contributed by atoms with E-state index in [0.717, 1.165) is 14.8 Å². The Kier molecular flexibility index (Phi) is 5.25. The number of nitrogens with one attached hydrogen (secondary N) is 1. The highest BCUT2D eigenvalue weighted by Crippen LogP contribution is 2.21. The summed E-state index contributed by atoms with van der Waals surface area (Å²) in [7, 11) is 0. The molecule has 0 aromatic heterocycles. The Labute approximate surface area is 136 Å². The van der Waals surface area contributed by atoms with Gasteiger partial charge in [0.1, 0.15) is 5.75 Å². The number of halogens is 2. The molecule has 0 saturated heterocycles. The van der Waals surface area contributed by atoms with Crippen molar-refractivity contribution in [2.45, 2.75) is 6.92 Å². The fourth-order valence-corrected chi connectivity index (χ4v) is 2.45. The van der Waals surface area contributed by atoms with Crippen molar-refractivity contribution in [3.63, 3.8) is 0 Å². The van der Waals surface area contributed by atoms with E-state index < -0.39 is 0 Å². The molecule has 0 unspecified atom stereocenters. The lowest BCUT2D eigenvalue weighted by Gasteiger charge is -2.10. The molecule has 0 bridgehead atoms. The number of amides is 1. The fourth-order valence-electron chi connectivity index (χ4n) is 1.68. The Hall–Kier alpha value is -1.27. The minimum atomic E-state index is -0.193. The molecule has 0 saturated carbocycles. The largest absolute Gasteiger partial charge is 0.483 e. The van der Waals surface area contributed by atoms with E-state index >= 15 is 0 Å². The van der Waals surface area contributed by atoms with E-state index in [9.17, 15) is 4.79 Å². The molecule has 0 aliphatic rings. The summed E-state index contributed by atoms with van der Waals surface area (Å²) in [6, 6.07) is 12.9. The molecule has 5 heteroatoms. The average molecular weight is 402 g/mol. The van der Waals surface area contributed by atoms with Gasteiger partial charge in [0.05, 0.1) is 0 Å². The smallest absolute Gasteiger partial charge is 0.262 e. The fraction of sp³-hybridized carbons (Fsp3) is 0.133. The first-order valence-corrected chi connectivity index (χ1v) is 7.44. The van der Waals surface area contributed by atoms with Crippen LogP contribution < -0.4 is 10.1 Å². The van der Waals surface area contributed by atoms with Gasteiger partial charge >= 0.3 is 0 Å². The maximum absolute atomic E-state index is 11.8. The molecule has 2 rings (SSSR count). The highest BCUT2D eigenvalue weighted by molar-refractivity contribution is 14.1. The maximum atomic E-state index is 11.8. The lowest BCUT2D eigenvalue weighted by molar-refractivity contribution is -0.118. The molecule has 0 spiro atoms. The van der Waals surface area contributed by atoms with Gasteiger partial charge in [-0.3, -0.25) is 4.79 Å². The van der Waals surface area contributed by atoms with E-state index in [1.807, 2.05) is 31.2 Å². The number of aryl methyl sites for hydroxylation is 1. The zero-order chi connectivity index (χ0) is 14.5. The Morgan fingerprint density at radius 1 is 1.30 bits per heavy atom. The number of hydrogen-bond acceptors (Lipinski definition) is 2. The van der Waals surface area contributed by atoms with Gasteiger partial charge in [-0.15, -0.1) is 0 Å². The predicted octanol–water partition coefficient (Wildman–Crippen LogP) is 4.27. The molecule has 2 aromatic carbocycles. The van der Waals surface area contributed by atoms with Crippen LogP contribution in [0.2, 0.25) is 5.02 Å². The van der Waals surface area contributed by atoms with E-state index in [1.165, 1.54) is 0 Å². The van der Waals surface area contributed by atoms with Crippen LogP contribution in [-0.2, 0) is 4.79 Å². The third kappa shape index (κ3) is 4.38. The van der Waals surface area contributed by atoms with Crippen LogP contribution in [0.3, 0.4) is 0 Å². The Balaban J connectivity index is 1.92. The Bertz CT molecular complexity index is 631. The summed E-state index contributed by atoms with van der Waals surface area (Å²) in [4.78, 5) is 11.8. The second-order valence-electron chi connectivity index (χ2n) is 4.26. The molecule has 0 aliphatic heterocycles. The van der Waals surface area contributed by atoms with Crippen LogP contribution in [0.4, 0.5) is 5.69 Å². The number of anilines is 1. The summed E-state index contributed by atoms with van der Waals surface area (Å²) in [5.41, 5.74) is 1.66. The number of carbonyl (C=O) groups is 1. The quantitative estimate of drug-likeness (QED) is 0.777. The van der Waals surface area contributed by atoms with E-state index in [0.29, 0.717) is 10.8 Å². The summed E-state index contributed by atoms with van der Waals surface area (Å²) < 4.78 is 6.55. The van der Waals surface area contributed by atoms with Crippen LogP contribution in [0.15, 0.2) is 42.5 Å². The van der Waals surface area contributed by atoms with Crippen LogP contribution in [0.1, 0.15) is 5.56 Å². The summed E-state index contributed by atoms with van der Waals surface area (Å²) in [6.07, 6.45) is 0. The van der Waals surface area contributed by atoms with Crippen molar-refractivity contribution in [1.82, 2.24) is 0 Å². The van der Waals surface area contributed by atoms with Crippen LogP contribution in [0, 0.1) is 10.5 Å². The first kappa shape index (κ1) is 15.1. The molecule has 0 aliphatic carbocycles. The molecule has 3 nitrogen and oxygen atoms in total. The van der Waals surface area contributed by atoms with Crippen molar-refractivity contribution in [1.29, 1.82) is 0 Å². The van der Waals surface area contributed by atoms with Gasteiger partial charge in [-0.05, 0) is 71.5 Å². The van der Waals surface area contributed by atoms with Gasteiger partial charge in [-0.25, -0.2) is 0 Å². The highest BCUT2D eigenvalue weighted by Gasteiger charge is 2.06. The van der Waals surface area contributed by atoms with Gasteiger partial charge in [-0.2, -0.15) is 0 Å². The number of carbonyl (C=O) groups excluding carboxylic acids is 1. The van der Waals surface area contributed by atoms with Gasteiger partial charge in [-0.1, -0.05) is 17.7 Å². The highest BCUT2D eigenvalue weighted by atomic mass is 127. The first-order chi connectivity index (χ1) is 9.54. The average Bonchev–Trinajstić information content (AvgIpc) is 2.37. The zero-order valence-corrected chi connectivity index (χ0v) is 13.7. The lowest BCUT2D eigenvalue weighted by atomic mass is 10.2. The Morgan fingerprint density at radius 2 is 2.10 bits per heavy atom. The van der Waals surface area contributed by atoms with E-state index in [4.69, 9.17) is 16.3 Å². The van der Waals surface area contributed by atoms with Gasteiger partial charge in [0.25, 0.3) is 5.91 Å². The van der Waals surface area contributed by atoms with Crippen LogP contribution in [0.25, 0.3) is 0 Å². The monoisotopic (exact) mass is 401 g/mol. The summed E-state index contributed by atoms with van der Waals surface area (Å²) in [5.74, 6) is 0.466. The van der Waals surface area contributed by atoms with Gasteiger partial charge in [0.15, 0.2) is 6.61 Å². The van der Waals surface area contributed by atoms with Crippen molar-refractivity contribution in [3.8, 4) is 5.75 Å². The molecule has 0 radical (unpaired) electrons. The lowest BCUT2D eigenvalue weighted by Crippen LogP contribution is -2.20. The molecular weight excluding hydrogens is 389 g/mol. The van der Waals surface area contributed by atoms with Gasteiger partial charge < -0.3 is 10.1 Å². The molecule has 0 heterocycles. The number of rotatable bonds is 4. The molecule has 1 N–H and O–H groups in total. The van der Waals surface area contributed by atoms with Crippen LogP contribution in [0.5, 0.6) is 5.75 Å². The topological polar surface area (TPSA) is 38.3 Å². The molecule has 20 heavy (non-hydrogen) atoms. The second-order valence-corrected chi connectivity index (χ2v) is 5.94. The molecule has 0 fully saturated rings. The third-order valence-electron chi connectivity index (χ3n) is 2.60. The Morgan fingerprint density at radius 3 is 2.80 bits per heavy atom. The standard InChI is InChI=1S/C15H13ClINO2/c1-10-7-11(16)5-6-14(10)20-9-15(19)18-13-4-2-3-12(17)8-13/h2-8H,9H2,1H3,(H,18,19). The van der Waals surface area contributed by atoms with E-state index in [2.05, 4.69) is 27.9 Å². The van der Waals surface area contributed by atoms with E-state index in [-0.39, 0.29) is 12.5 Å². The summed E-state index contributed by atoms with van der Waals surface area (Å²) >= 11 is 8.06. The van der Waals surface area contributed by atoms with Crippen molar-refractivity contribution >= 4 is 45.8 Å². The van der Waals surface area contributed by atoms with Crippen LogP contribution >= 0.6 is 34.2 Å². The number of hydrogen-bond donors (Lipinski definition) is 1. The van der Waals surface area contributed by atoms with Crippen molar-refractivity contribution in [2.24, 2.45) is 0 Å².